The zero-order chi connectivity index (χ0) is 21.4. The predicted octanol–water partition coefficient (Wildman–Crippen LogP) is 5.18. The zero-order valence-corrected chi connectivity index (χ0v) is 18.7. The molecule has 2 aromatic rings. The van der Waals surface area contributed by atoms with E-state index in [2.05, 4.69) is 5.32 Å². The summed E-state index contributed by atoms with van der Waals surface area (Å²) in [5, 5.41) is 3.79. The van der Waals surface area contributed by atoms with Crippen molar-refractivity contribution in [1.82, 2.24) is 10.2 Å². The smallest absolute Gasteiger partial charge is 0.242 e. The van der Waals surface area contributed by atoms with Gasteiger partial charge in [-0.15, -0.1) is 0 Å². The highest BCUT2D eigenvalue weighted by molar-refractivity contribution is 6.42. The quantitative estimate of drug-likeness (QED) is 0.590. The Hall–Kier alpha value is -2.04. The van der Waals surface area contributed by atoms with Crippen LogP contribution in [0, 0.1) is 6.92 Å². The third kappa shape index (κ3) is 6.76. The first-order valence-electron chi connectivity index (χ1n) is 9.92. The lowest BCUT2D eigenvalue weighted by atomic mass is 10.1. The molecule has 2 aromatic carbocycles. The van der Waals surface area contributed by atoms with Gasteiger partial charge in [0.05, 0.1) is 16.5 Å². The molecule has 0 radical (unpaired) electrons. The fourth-order valence-corrected chi connectivity index (χ4v) is 3.54. The summed E-state index contributed by atoms with van der Waals surface area (Å²) in [6.07, 6.45) is 1.53. The van der Waals surface area contributed by atoms with Gasteiger partial charge in [0.2, 0.25) is 11.8 Å². The Bertz CT molecular complexity index is 855. The van der Waals surface area contributed by atoms with Gasteiger partial charge in [-0.3, -0.25) is 9.59 Å². The van der Waals surface area contributed by atoms with Crippen molar-refractivity contribution in [2.24, 2.45) is 0 Å². The summed E-state index contributed by atoms with van der Waals surface area (Å²) in [7, 11) is 0. The van der Waals surface area contributed by atoms with Crippen molar-refractivity contribution < 1.29 is 9.59 Å². The monoisotopic (exact) mass is 434 g/mol. The maximum atomic E-state index is 13.2. The Kier molecular flexibility index (Phi) is 8.99. The molecule has 0 bridgehead atoms. The topological polar surface area (TPSA) is 49.4 Å². The predicted molar refractivity (Wildman–Crippen MR) is 119 cm³/mol. The van der Waals surface area contributed by atoms with Crippen LogP contribution in [-0.4, -0.2) is 29.3 Å². The highest BCUT2D eigenvalue weighted by Gasteiger charge is 2.28. The lowest BCUT2D eigenvalue weighted by Crippen LogP contribution is -2.49. The summed E-state index contributed by atoms with van der Waals surface area (Å²) in [5.41, 5.74) is 2.87. The number of amides is 2. The second-order valence-corrected chi connectivity index (χ2v) is 7.97. The van der Waals surface area contributed by atoms with E-state index in [1.54, 1.807) is 23.1 Å². The van der Waals surface area contributed by atoms with Crippen molar-refractivity contribution in [2.75, 3.05) is 6.54 Å². The van der Waals surface area contributed by atoms with Crippen LogP contribution in [0.5, 0.6) is 0 Å². The third-order valence-electron chi connectivity index (χ3n) is 4.71. The van der Waals surface area contributed by atoms with Crippen LogP contribution in [0.4, 0.5) is 0 Å². The Balaban J connectivity index is 2.29. The van der Waals surface area contributed by atoms with Gasteiger partial charge < -0.3 is 10.2 Å². The molecule has 0 fully saturated rings. The normalized spacial score (nSPS) is 11.8. The molecule has 6 heteroatoms. The molecule has 0 spiro atoms. The largest absolute Gasteiger partial charge is 0.354 e. The SMILES string of the molecule is CCCNC(=O)[C@H](CC)N(Cc1cccc(C)c1)C(=O)Cc1ccc(Cl)c(Cl)c1. The first kappa shape index (κ1) is 23.2. The molecule has 0 aliphatic rings. The second-order valence-electron chi connectivity index (χ2n) is 7.15. The summed E-state index contributed by atoms with van der Waals surface area (Å²) >= 11 is 12.1. The van der Waals surface area contributed by atoms with Gasteiger partial charge in [-0.25, -0.2) is 0 Å². The van der Waals surface area contributed by atoms with E-state index in [0.29, 0.717) is 29.6 Å². The maximum Gasteiger partial charge on any atom is 0.242 e. The summed E-state index contributed by atoms with van der Waals surface area (Å²) in [6.45, 7) is 6.90. The first-order chi connectivity index (χ1) is 13.8. The number of nitrogens with one attached hydrogen (secondary N) is 1. The Labute approximate surface area is 183 Å². The molecule has 29 heavy (non-hydrogen) atoms. The number of hydrogen-bond acceptors (Lipinski definition) is 2. The lowest BCUT2D eigenvalue weighted by Gasteiger charge is -2.31. The number of benzene rings is 2. The highest BCUT2D eigenvalue weighted by atomic mass is 35.5. The molecule has 0 unspecified atom stereocenters. The maximum absolute atomic E-state index is 13.2. The molecule has 0 aromatic heterocycles. The van der Waals surface area contributed by atoms with Crippen LogP contribution in [0.2, 0.25) is 10.0 Å². The average molecular weight is 435 g/mol. The van der Waals surface area contributed by atoms with E-state index in [1.165, 1.54) is 0 Å². The van der Waals surface area contributed by atoms with E-state index in [1.807, 2.05) is 45.0 Å². The Morgan fingerprint density at radius 3 is 2.41 bits per heavy atom. The molecule has 0 saturated carbocycles. The third-order valence-corrected chi connectivity index (χ3v) is 5.45. The average Bonchev–Trinajstić information content (AvgIpc) is 2.69. The minimum Gasteiger partial charge on any atom is -0.354 e. The molecule has 156 valence electrons. The van der Waals surface area contributed by atoms with Gasteiger partial charge >= 0.3 is 0 Å². The van der Waals surface area contributed by atoms with E-state index < -0.39 is 6.04 Å². The fourth-order valence-electron chi connectivity index (χ4n) is 3.22. The molecule has 1 atom stereocenters. The van der Waals surface area contributed by atoms with E-state index in [-0.39, 0.29) is 18.2 Å². The van der Waals surface area contributed by atoms with Gasteiger partial charge in [0.25, 0.3) is 0 Å². The number of carbonyl (C=O) groups excluding carboxylic acids is 2. The summed E-state index contributed by atoms with van der Waals surface area (Å²) in [5.74, 6) is -0.243. The van der Waals surface area contributed by atoms with E-state index in [9.17, 15) is 9.59 Å². The van der Waals surface area contributed by atoms with Crippen LogP contribution >= 0.6 is 23.2 Å². The van der Waals surface area contributed by atoms with E-state index in [0.717, 1.165) is 23.1 Å². The molecule has 1 N–H and O–H groups in total. The molecule has 0 heterocycles. The second kappa shape index (κ2) is 11.2. The summed E-state index contributed by atoms with van der Waals surface area (Å²) in [6, 6.07) is 12.6. The molecular weight excluding hydrogens is 407 g/mol. The number of carbonyl (C=O) groups is 2. The van der Waals surface area contributed by atoms with Crippen LogP contribution in [0.25, 0.3) is 0 Å². The number of nitrogens with zero attached hydrogens (tertiary/aromatic N) is 1. The minimum atomic E-state index is -0.530. The van der Waals surface area contributed by atoms with Gasteiger partial charge in [0, 0.05) is 13.1 Å². The van der Waals surface area contributed by atoms with Crippen LogP contribution in [-0.2, 0) is 22.6 Å². The van der Waals surface area contributed by atoms with Crippen molar-refractivity contribution in [3.63, 3.8) is 0 Å². The number of aryl methyl sites for hydroxylation is 1. The fraction of sp³-hybridized carbons (Fsp3) is 0.391. The molecular formula is C23H28Cl2N2O2. The van der Waals surface area contributed by atoms with Gasteiger partial charge in [-0.1, -0.05) is 72.9 Å². The first-order valence-corrected chi connectivity index (χ1v) is 10.7. The summed E-state index contributed by atoms with van der Waals surface area (Å²) < 4.78 is 0. The van der Waals surface area contributed by atoms with Crippen molar-refractivity contribution in [2.45, 2.75) is 52.6 Å². The molecule has 2 rings (SSSR count). The standard InChI is InChI=1S/C23H28Cl2N2O2/c1-4-11-26-23(29)21(5-2)27(15-18-8-6-7-16(3)12-18)22(28)14-17-9-10-19(24)20(25)13-17/h6-10,12-13,21H,4-5,11,14-15H2,1-3H3,(H,26,29)/t21-/m0/s1. The lowest BCUT2D eigenvalue weighted by molar-refractivity contribution is -0.140. The number of hydrogen-bond donors (Lipinski definition) is 1. The molecule has 0 aliphatic heterocycles. The van der Waals surface area contributed by atoms with Crippen molar-refractivity contribution >= 4 is 35.0 Å². The number of rotatable bonds is 9. The Morgan fingerprint density at radius 1 is 1.03 bits per heavy atom. The van der Waals surface area contributed by atoms with Gasteiger partial charge in [-0.05, 0) is 43.0 Å². The van der Waals surface area contributed by atoms with Crippen molar-refractivity contribution in [1.29, 1.82) is 0 Å². The molecule has 2 amide bonds. The Morgan fingerprint density at radius 2 is 1.79 bits per heavy atom. The highest BCUT2D eigenvalue weighted by Crippen LogP contribution is 2.23. The van der Waals surface area contributed by atoms with E-state index >= 15 is 0 Å². The van der Waals surface area contributed by atoms with Crippen LogP contribution in [0.15, 0.2) is 42.5 Å². The van der Waals surface area contributed by atoms with Crippen molar-refractivity contribution in [3.05, 3.63) is 69.2 Å². The van der Waals surface area contributed by atoms with Gasteiger partial charge in [0.15, 0.2) is 0 Å². The van der Waals surface area contributed by atoms with Gasteiger partial charge in [-0.2, -0.15) is 0 Å². The van der Waals surface area contributed by atoms with Crippen LogP contribution < -0.4 is 5.32 Å². The number of halogens is 2. The van der Waals surface area contributed by atoms with Gasteiger partial charge in [0.1, 0.15) is 6.04 Å². The van der Waals surface area contributed by atoms with Crippen LogP contribution in [0.3, 0.4) is 0 Å². The minimum absolute atomic E-state index is 0.121. The van der Waals surface area contributed by atoms with Crippen LogP contribution in [0.1, 0.15) is 43.4 Å². The zero-order valence-electron chi connectivity index (χ0n) is 17.2. The van der Waals surface area contributed by atoms with Crippen molar-refractivity contribution in [3.8, 4) is 0 Å². The summed E-state index contributed by atoms with van der Waals surface area (Å²) in [4.78, 5) is 27.7. The molecule has 4 nitrogen and oxygen atoms in total. The molecule has 0 aliphatic carbocycles. The molecule has 0 saturated heterocycles. The van der Waals surface area contributed by atoms with E-state index in [4.69, 9.17) is 23.2 Å².